The molecule has 2 unspecified atom stereocenters. The van der Waals surface area contributed by atoms with Crippen molar-refractivity contribution >= 4 is 5.97 Å². The van der Waals surface area contributed by atoms with Crippen LogP contribution in [0.15, 0.2) is 60.8 Å². The number of hydrogen-bond donors (Lipinski definition) is 3. The van der Waals surface area contributed by atoms with Crippen molar-refractivity contribution in [3.05, 3.63) is 60.8 Å². The van der Waals surface area contributed by atoms with Gasteiger partial charge in [-0.25, -0.2) is 0 Å². The maximum Gasteiger partial charge on any atom is 0.303 e. The van der Waals surface area contributed by atoms with E-state index in [1.807, 2.05) is 6.08 Å². The number of unbranched alkanes of at least 4 members (excludes halogenated alkanes) is 3. The molecular formula is C22H34O4. The summed E-state index contributed by atoms with van der Waals surface area (Å²) in [6.07, 6.45) is 23.6. The minimum absolute atomic E-state index is 0.109. The Morgan fingerprint density at radius 3 is 1.85 bits per heavy atom. The maximum atomic E-state index is 10.3. The first-order valence-electron chi connectivity index (χ1n) is 9.45. The number of carboxylic acid groups (broad SMARTS) is 1. The van der Waals surface area contributed by atoms with E-state index in [0.717, 1.165) is 6.42 Å². The van der Waals surface area contributed by atoms with Crippen LogP contribution in [-0.4, -0.2) is 33.5 Å². The molecule has 0 saturated heterocycles. The zero-order chi connectivity index (χ0) is 19.5. The smallest absolute Gasteiger partial charge is 0.303 e. The Bertz CT molecular complexity index is 486. The van der Waals surface area contributed by atoms with Gasteiger partial charge in [0.05, 0.1) is 12.2 Å². The molecule has 0 amide bonds. The number of aliphatic hydroxyl groups is 2. The van der Waals surface area contributed by atoms with Crippen LogP contribution >= 0.6 is 0 Å². The monoisotopic (exact) mass is 362 g/mol. The van der Waals surface area contributed by atoms with E-state index in [0.29, 0.717) is 19.3 Å². The third kappa shape index (κ3) is 18.4. The van der Waals surface area contributed by atoms with Gasteiger partial charge in [-0.3, -0.25) is 4.79 Å². The van der Waals surface area contributed by atoms with Crippen molar-refractivity contribution < 1.29 is 20.1 Å². The molecule has 3 N–H and O–H groups in total. The minimum Gasteiger partial charge on any atom is -0.481 e. The Morgan fingerprint density at radius 1 is 0.808 bits per heavy atom. The van der Waals surface area contributed by atoms with Gasteiger partial charge in [0.15, 0.2) is 0 Å². The normalized spacial score (nSPS) is 15.2. The molecule has 146 valence electrons. The molecule has 0 aliphatic carbocycles. The number of allylic oxidation sites excluding steroid dienone is 6. The first-order valence-corrected chi connectivity index (χ1v) is 9.45. The first-order chi connectivity index (χ1) is 12.6. The summed E-state index contributed by atoms with van der Waals surface area (Å²) in [7, 11) is 0. The predicted molar refractivity (Wildman–Crippen MR) is 108 cm³/mol. The highest BCUT2D eigenvalue weighted by atomic mass is 16.4. The van der Waals surface area contributed by atoms with Crippen molar-refractivity contribution in [3.63, 3.8) is 0 Å². The lowest BCUT2D eigenvalue weighted by atomic mass is 10.1. The summed E-state index contributed by atoms with van der Waals surface area (Å²) in [5.41, 5.74) is 0. The second-order valence-corrected chi connectivity index (χ2v) is 6.13. The van der Waals surface area contributed by atoms with Gasteiger partial charge in [-0.15, -0.1) is 0 Å². The van der Waals surface area contributed by atoms with E-state index >= 15 is 0 Å². The summed E-state index contributed by atoms with van der Waals surface area (Å²) in [5.74, 6) is -0.818. The highest BCUT2D eigenvalue weighted by molar-refractivity contribution is 5.66. The Labute approximate surface area is 157 Å². The van der Waals surface area contributed by atoms with E-state index in [1.165, 1.54) is 19.3 Å². The maximum absolute atomic E-state index is 10.3. The number of rotatable bonds is 15. The van der Waals surface area contributed by atoms with Crippen molar-refractivity contribution in [3.8, 4) is 0 Å². The largest absolute Gasteiger partial charge is 0.481 e. The standard InChI is InChI=1S/C22H34O4/c1-2-3-4-5-6-10-15-20(23)16-11-7-8-12-17-21(24)18-13-9-14-19-22(25)26/h6-13,16-17,20-21,23-24H,2-5,14-15,18-19H2,1H3,(H,25,26)/b8-7+,10-6+,13-9+,16-11+,17-12+. The van der Waals surface area contributed by atoms with Gasteiger partial charge in [-0.2, -0.15) is 0 Å². The van der Waals surface area contributed by atoms with E-state index in [2.05, 4.69) is 13.0 Å². The van der Waals surface area contributed by atoms with Crippen LogP contribution in [0.1, 0.15) is 58.3 Å². The molecule has 0 heterocycles. The second kappa shape index (κ2) is 17.9. The summed E-state index contributed by atoms with van der Waals surface area (Å²) in [6, 6.07) is 0. The third-order valence-electron chi connectivity index (χ3n) is 3.59. The van der Waals surface area contributed by atoms with Gasteiger partial charge < -0.3 is 15.3 Å². The lowest BCUT2D eigenvalue weighted by molar-refractivity contribution is -0.136. The lowest BCUT2D eigenvalue weighted by Crippen LogP contribution is -1.99. The highest BCUT2D eigenvalue weighted by Gasteiger charge is 1.95. The van der Waals surface area contributed by atoms with Crippen LogP contribution in [0.4, 0.5) is 0 Å². The SMILES string of the molecule is CCCCC/C=C/CC(O)/C=C/C=C/C=C/C(O)C/C=C/CCC(=O)O. The molecule has 0 aliphatic rings. The first kappa shape index (κ1) is 24.1. The van der Waals surface area contributed by atoms with Crippen LogP contribution in [-0.2, 0) is 4.79 Å². The van der Waals surface area contributed by atoms with E-state index in [4.69, 9.17) is 5.11 Å². The van der Waals surface area contributed by atoms with E-state index in [1.54, 1.807) is 48.6 Å². The predicted octanol–water partition coefficient (Wildman–Crippen LogP) is 4.71. The molecular weight excluding hydrogens is 328 g/mol. The Kier molecular flexibility index (Phi) is 16.6. The molecule has 0 saturated carbocycles. The van der Waals surface area contributed by atoms with Crippen LogP contribution in [0.2, 0.25) is 0 Å². The number of carboxylic acids is 1. The van der Waals surface area contributed by atoms with Crippen molar-refractivity contribution in [1.29, 1.82) is 0 Å². The quantitative estimate of drug-likeness (QED) is 0.224. The summed E-state index contributed by atoms with van der Waals surface area (Å²) >= 11 is 0. The summed E-state index contributed by atoms with van der Waals surface area (Å²) < 4.78 is 0. The van der Waals surface area contributed by atoms with Crippen molar-refractivity contribution in [2.75, 3.05) is 0 Å². The molecule has 0 bridgehead atoms. The van der Waals surface area contributed by atoms with Gasteiger partial charge in [-0.05, 0) is 32.1 Å². The summed E-state index contributed by atoms with van der Waals surface area (Å²) in [6.45, 7) is 2.18. The molecule has 0 aromatic rings. The molecule has 2 atom stereocenters. The molecule has 0 rings (SSSR count). The number of hydrogen-bond acceptors (Lipinski definition) is 3. The Morgan fingerprint density at radius 2 is 1.35 bits per heavy atom. The Hall–Kier alpha value is -1.91. The molecule has 26 heavy (non-hydrogen) atoms. The average Bonchev–Trinajstić information content (AvgIpc) is 2.60. The lowest BCUT2D eigenvalue weighted by Gasteiger charge is -1.99. The summed E-state index contributed by atoms with van der Waals surface area (Å²) in [4.78, 5) is 10.3. The molecule has 0 spiro atoms. The van der Waals surface area contributed by atoms with Gasteiger partial charge in [0, 0.05) is 6.42 Å². The molecule has 0 radical (unpaired) electrons. The topological polar surface area (TPSA) is 77.8 Å². The fourth-order valence-electron chi connectivity index (χ4n) is 2.10. The Balaban J connectivity index is 3.86. The van der Waals surface area contributed by atoms with Crippen molar-refractivity contribution in [2.45, 2.75) is 70.5 Å². The van der Waals surface area contributed by atoms with Gasteiger partial charge in [0.2, 0.25) is 0 Å². The molecule has 4 nitrogen and oxygen atoms in total. The fraction of sp³-hybridized carbons (Fsp3) is 0.500. The van der Waals surface area contributed by atoms with Crippen molar-refractivity contribution in [1.82, 2.24) is 0 Å². The third-order valence-corrected chi connectivity index (χ3v) is 3.59. The highest BCUT2D eigenvalue weighted by Crippen LogP contribution is 2.02. The average molecular weight is 363 g/mol. The number of aliphatic hydroxyl groups excluding tert-OH is 2. The second-order valence-electron chi connectivity index (χ2n) is 6.13. The molecule has 0 aromatic carbocycles. The number of carbonyl (C=O) groups is 1. The van der Waals surface area contributed by atoms with E-state index in [9.17, 15) is 15.0 Å². The molecule has 0 fully saturated rings. The van der Waals surface area contributed by atoms with Gasteiger partial charge in [-0.1, -0.05) is 80.5 Å². The molecule has 0 aromatic heterocycles. The van der Waals surface area contributed by atoms with Gasteiger partial charge in [0.25, 0.3) is 0 Å². The zero-order valence-electron chi connectivity index (χ0n) is 15.8. The van der Waals surface area contributed by atoms with Gasteiger partial charge in [0.1, 0.15) is 0 Å². The minimum atomic E-state index is -0.818. The number of aliphatic carboxylic acids is 1. The zero-order valence-corrected chi connectivity index (χ0v) is 15.8. The van der Waals surface area contributed by atoms with Crippen LogP contribution in [0, 0.1) is 0 Å². The van der Waals surface area contributed by atoms with Gasteiger partial charge >= 0.3 is 5.97 Å². The van der Waals surface area contributed by atoms with E-state index in [-0.39, 0.29) is 6.42 Å². The van der Waals surface area contributed by atoms with Crippen LogP contribution in [0.3, 0.4) is 0 Å². The molecule has 0 aliphatic heterocycles. The van der Waals surface area contributed by atoms with Crippen LogP contribution in [0.5, 0.6) is 0 Å². The van der Waals surface area contributed by atoms with Crippen molar-refractivity contribution in [2.24, 2.45) is 0 Å². The van der Waals surface area contributed by atoms with Crippen LogP contribution < -0.4 is 0 Å². The van der Waals surface area contributed by atoms with E-state index < -0.39 is 18.2 Å². The summed E-state index contributed by atoms with van der Waals surface area (Å²) in [5, 5.41) is 28.0. The fourth-order valence-corrected chi connectivity index (χ4v) is 2.10. The van der Waals surface area contributed by atoms with Crippen LogP contribution in [0.25, 0.3) is 0 Å². The molecule has 4 heteroatoms.